The van der Waals surface area contributed by atoms with Crippen molar-refractivity contribution >= 4 is 45.9 Å². The van der Waals surface area contributed by atoms with Crippen molar-refractivity contribution in [3.63, 3.8) is 0 Å². The summed E-state index contributed by atoms with van der Waals surface area (Å²) in [6, 6.07) is 3.62. The van der Waals surface area contributed by atoms with Crippen molar-refractivity contribution < 1.29 is 4.79 Å². The van der Waals surface area contributed by atoms with Crippen molar-refractivity contribution in [1.82, 2.24) is 4.98 Å². The molecule has 0 aliphatic heterocycles. The third kappa shape index (κ3) is 3.11. The number of hydrogen-bond donors (Lipinski definition) is 1. The van der Waals surface area contributed by atoms with Crippen LogP contribution >= 0.6 is 34.2 Å². The number of nitrogens with zero attached hydrogens (tertiary/aromatic N) is 1. The normalized spacial score (nSPS) is 9.77. The van der Waals surface area contributed by atoms with Gasteiger partial charge in [-0.2, -0.15) is 0 Å². The van der Waals surface area contributed by atoms with Gasteiger partial charge in [-0.05, 0) is 34.7 Å². The number of alkyl halides is 1. The molecule has 1 aromatic heterocycles. The number of anilines is 1. The molecule has 5 heteroatoms. The highest BCUT2D eigenvalue weighted by Gasteiger charge is 2.02. The molecule has 0 spiro atoms. The molecule has 0 saturated carbocycles. The van der Waals surface area contributed by atoms with Crippen LogP contribution in [-0.4, -0.2) is 10.9 Å². The summed E-state index contributed by atoms with van der Waals surface area (Å²) in [6.07, 6.45) is 0. The summed E-state index contributed by atoms with van der Waals surface area (Å²) < 4.78 is 1.00. The number of amides is 1. The van der Waals surface area contributed by atoms with E-state index < -0.39 is 0 Å². The average Bonchev–Trinajstić information content (AvgIpc) is 2.07. The van der Waals surface area contributed by atoms with Crippen LogP contribution in [-0.2, 0) is 10.7 Å². The van der Waals surface area contributed by atoms with Crippen LogP contribution in [0.3, 0.4) is 0 Å². The monoisotopic (exact) mass is 310 g/mol. The molecule has 0 atom stereocenters. The fraction of sp³-hybridized carbons (Fsp3) is 0.250. The summed E-state index contributed by atoms with van der Waals surface area (Å²) in [4.78, 5) is 14.9. The first kappa shape index (κ1) is 10.7. The van der Waals surface area contributed by atoms with Crippen molar-refractivity contribution in [3.05, 3.63) is 21.4 Å². The zero-order chi connectivity index (χ0) is 9.84. The summed E-state index contributed by atoms with van der Waals surface area (Å²) in [5.74, 6) is 0.768. The Morgan fingerprint density at radius 2 is 2.38 bits per heavy atom. The van der Waals surface area contributed by atoms with Crippen molar-refractivity contribution in [1.29, 1.82) is 0 Å². The maximum atomic E-state index is 10.7. The Labute approximate surface area is 95.0 Å². The van der Waals surface area contributed by atoms with Gasteiger partial charge in [-0.1, -0.05) is 0 Å². The lowest BCUT2D eigenvalue weighted by Gasteiger charge is -2.04. The lowest BCUT2D eigenvalue weighted by Crippen LogP contribution is -2.08. The first-order chi connectivity index (χ1) is 6.13. The second-order valence-corrected chi connectivity index (χ2v) is 3.87. The molecule has 0 aromatic carbocycles. The molecular weight excluding hydrogens is 302 g/mol. The van der Waals surface area contributed by atoms with E-state index in [0.29, 0.717) is 11.7 Å². The predicted octanol–water partition coefficient (Wildman–Crippen LogP) is 2.38. The summed E-state index contributed by atoms with van der Waals surface area (Å²) in [7, 11) is 0. The molecule has 0 saturated heterocycles. The smallest absolute Gasteiger partial charge is 0.222 e. The zero-order valence-electron chi connectivity index (χ0n) is 6.97. The minimum atomic E-state index is -0.130. The second-order valence-electron chi connectivity index (χ2n) is 2.44. The minimum absolute atomic E-state index is 0.130. The van der Waals surface area contributed by atoms with E-state index in [4.69, 9.17) is 11.6 Å². The van der Waals surface area contributed by atoms with Gasteiger partial charge in [-0.15, -0.1) is 11.6 Å². The van der Waals surface area contributed by atoms with Crippen LogP contribution in [0.15, 0.2) is 12.1 Å². The van der Waals surface area contributed by atoms with E-state index in [9.17, 15) is 4.79 Å². The molecule has 1 heterocycles. The van der Waals surface area contributed by atoms with Gasteiger partial charge < -0.3 is 5.32 Å². The maximum Gasteiger partial charge on any atom is 0.222 e. The number of pyridine rings is 1. The topological polar surface area (TPSA) is 42.0 Å². The predicted molar refractivity (Wildman–Crippen MR) is 60.8 cm³/mol. The third-order valence-corrected chi connectivity index (χ3v) is 2.58. The number of hydrogen-bond acceptors (Lipinski definition) is 2. The fourth-order valence-electron chi connectivity index (χ4n) is 0.828. The number of aromatic nitrogens is 1. The number of carbonyl (C=O) groups excluding carboxylic acids is 1. The Kier molecular flexibility index (Phi) is 3.92. The molecule has 0 aliphatic rings. The van der Waals surface area contributed by atoms with E-state index in [1.807, 2.05) is 6.07 Å². The summed E-state index contributed by atoms with van der Waals surface area (Å²) >= 11 is 7.81. The highest BCUT2D eigenvalue weighted by Crippen LogP contribution is 2.15. The number of rotatable bonds is 2. The lowest BCUT2D eigenvalue weighted by molar-refractivity contribution is -0.114. The maximum absolute atomic E-state index is 10.7. The number of nitrogens with one attached hydrogen (secondary N) is 1. The molecule has 13 heavy (non-hydrogen) atoms. The minimum Gasteiger partial charge on any atom is -0.311 e. The van der Waals surface area contributed by atoms with Gasteiger partial charge in [0.25, 0.3) is 0 Å². The van der Waals surface area contributed by atoms with E-state index in [1.165, 1.54) is 6.92 Å². The van der Waals surface area contributed by atoms with Crippen LogP contribution < -0.4 is 5.32 Å². The molecule has 3 nitrogen and oxygen atoms in total. The Morgan fingerprint density at radius 1 is 1.69 bits per heavy atom. The first-order valence-corrected chi connectivity index (χ1v) is 5.24. The Hall–Kier alpha value is -0.360. The second kappa shape index (κ2) is 4.76. The van der Waals surface area contributed by atoms with Crippen molar-refractivity contribution in [3.8, 4) is 0 Å². The highest BCUT2D eigenvalue weighted by atomic mass is 127. The summed E-state index contributed by atoms with van der Waals surface area (Å²) in [5, 5.41) is 2.59. The van der Waals surface area contributed by atoms with E-state index in [2.05, 4.69) is 32.9 Å². The summed E-state index contributed by atoms with van der Waals surface area (Å²) in [5.41, 5.74) is 0.786. The first-order valence-electron chi connectivity index (χ1n) is 3.62. The molecule has 0 fully saturated rings. The SMILES string of the molecule is CC(=O)Nc1ccc(I)c(CCl)n1. The molecule has 0 radical (unpaired) electrons. The van der Waals surface area contributed by atoms with Crippen LogP contribution in [0.1, 0.15) is 12.6 Å². The van der Waals surface area contributed by atoms with Gasteiger partial charge in [0, 0.05) is 10.5 Å². The van der Waals surface area contributed by atoms with Gasteiger partial charge in [0.15, 0.2) is 0 Å². The van der Waals surface area contributed by atoms with Gasteiger partial charge in [-0.3, -0.25) is 4.79 Å². The molecular formula is C8H8ClIN2O. The van der Waals surface area contributed by atoms with Gasteiger partial charge in [0.05, 0.1) is 11.6 Å². The fourth-order valence-corrected chi connectivity index (χ4v) is 1.75. The average molecular weight is 311 g/mol. The Bertz CT molecular complexity index is 330. The Morgan fingerprint density at radius 3 is 2.92 bits per heavy atom. The third-order valence-electron chi connectivity index (χ3n) is 1.35. The molecule has 0 bridgehead atoms. The van der Waals surface area contributed by atoms with E-state index in [-0.39, 0.29) is 5.91 Å². The molecule has 1 rings (SSSR count). The summed E-state index contributed by atoms with van der Waals surface area (Å²) in [6.45, 7) is 1.44. The van der Waals surface area contributed by atoms with Crippen LogP contribution in [0, 0.1) is 3.57 Å². The zero-order valence-corrected chi connectivity index (χ0v) is 9.89. The number of carbonyl (C=O) groups is 1. The van der Waals surface area contributed by atoms with Crippen LogP contribution in [0.4, 0.5) is 5.82 Å². The van der Waals surface area contributed by atoms with E-state index in [1.54, 1.807) is 6.07 Å². The van der Waals surface area contributed by atoms with E-state index in [0.717, 1.165) is 9.26 Å². The molecule has 0 unspecified atom stereocenters. The molecule has 1 aromatic rings. The highest BCUT2D eigenvalue weighted by molar-refractivity contribution is 14.1. The van der Waals surface area contributed by atoms with Gasteiger partial charge in [-0.25, -0.2) is 4.98 Å². The van der Waals surface area contributed by atoms with Crippen LogP contribution in [0.5, 0.6) is 0 Å². The van der Waals surface area contributed by atoms with Crippen LogP contribution in [0.25, 0.3) is 0 Å². The standard InChI is InChI=1S/C8H8ClIN2O/c1-5(13)11-8-3-2-6(10)7(4-9)12-8/h2-3H,4H2,1H3,(H,11,12,13). The molecule has 1 N–H and O–H groups in total. The Balaban J connectivity index is 2.92. The van der Waals surface area contributed by atoms with Gasteiger partial charge in [0.2, 0.25) is 5.91 Å². The molecule has 1 amide bonds. The van der Waals surface area contributed by atoms with Crippen LogP contribution in [0.2, 0.25) is 0 Å². The largest absolute Gasteiger partial charge is 0.311 e. The van der Waals surface area contributed by atoms with Gasteiger partial charge in [0.1, 0.15) is 5.82 Å². The van der Waals surface area contributed by atoms with Crippen molar-refractivity contribution in [2.24, 2.45) is 0 Å². The van der Waals surface area contributed by atoms with Crippen molar-refractivity contribution in [2.45, 2.75) is 12.8 Å². The van der Waals surface area contributed by atoms with Crippen molar-refractivity contribution in [2.75, 3.05) is 5.32 Å². The quantitative estimate of drug-likeness (QED) is 0.673. The van der Waals surface area contributed by atoms with Gasteiger partial charge >= 0.3 is 0 Å². The molecule has 0 aliphatic carbocycles. The number of halogens is 2. The lowest BCUT2D eigenvalue weighted by atomic mass is 10.4. The molecule has 70 valence electrons. The van der Waals surface area contributed by atoms with E-state index >= 15 is 0 Å².